The molecule has 1 aliphatic rings. The van der Waals surface area contributed by atoms with Crippen LogP contribution in [0.5, 0.6) is 5.75 Å². The van der Waals surface area contributed by atoms with Crippen LogP contribution in [-0.2, 0) is 9.53 Å². The van der Waals surface area contributed by atoms with Crippen molar-refractivity contribution < 1.29 is 19.4 Å². The van der Waals surface area contributed by atoms with E-state index in [1.165, 1.54) is 0 Å². The first-order chi connectivity index (χ1) is 13.0. The summed E-state index contributed by atoms with van der Waals surface area (Å²) in [6.45, 7) is 9.26. The molecule has 0 unspecified atom stereocenters. The normalized spacial score (nSPS) is 18.7. The third kappa shape index (κ3) is 5.80. The number of hydrogen-bond acceptors (Lipinski definition) is 6. The molecule has 0 aliphatic carbocycles. The Morgan fingerprint density at radius 3 is 2.81 bits per heavy atom. The van der Waals surface area contributed by atoms with E-state index < -0.39 is 5.54 Å². The second-order valence-electron chi connectivity index (χ2n) is 6.91. The number of hydrogen-bond donors (Lipinski definition) is 3. The number of carbonyl (C=O) groups is 1. The van der Waals surface area contributed by atoms with Crippen LogP contribution in [-0.4, -0.2) is 48.8 Å². The quantitative estimate of drug-likeness (QED) is 0.312. The molecule has 0 fully saturated rings. The SMILES string of the molecule is C=CC[C@@]1(C(=O)NNCC(C)C)COC(c2ccc(OCCCO)cc2)=N1. The Bertz CT molecular complexity index is 658. The van der Waals surface area contributed by atoms with Crippen molar-refractivity contribution in [1.82, 2.24) is 10.9 Å². The zero-order valence-electron chi connectivity index (χ0n) is 16.0. The predicted molar refractivity (Wildman–Crippen MR) is 105 cm³/mol. The summed E-state index contributed by atoms with van der Waals surface area (Å²) in [5, 5.41) is 8.79. The van der Waals surface area contributed by atoms with E-state index >= 15 is 0 Å². The first-order valence-corrected chi connectivity index (χ1v) is 9.21. The smallest absolute Gasteiger partial charge is 0.266 e. The van der Waals surface area contributed by atoms with Crippen LogP contribution in [0.1, 0.15) is 32.3 Å². The van der Waals surface area contributed by atoms with Gasteiger partial charge in [0.15, 0.2) is 5.54 Å². The third-order valence-corrected chi connectivity index (χ3v) is 4.05. The van der Waals surface area contributed by atoms with Crippen LogP contribution in [0.3, 0.4) is 0 Å². The molecular formula is C20H29N3O4. The summed E-state index contributed by atoms with van der Waals surface area (Å²) in [7, 11) is 0. The minimum absolute atomic E-state index is 0.0994. The molecule has 3 N–H and O–H groups in total. The molecule has 1 heterocycles. The molecule has 1 amide bonds. The molecule has 0 spiro atoms. The number of nitrogens with one attached hydrogen (secondary N) is 2. The third-order valence-electron chi connectivity index (χ3n) is 4.05. The lowest BCUT2D eigenvalue weighted by Gasteiger charge is -2.22. The molecule has 1 aliphatic heterocycles. The molecule has 0 saturated carbocycles. The van der Waals surface area contributed by atoms with E-state index in [2.05, 4.69) is 36.3 Å². The minimum Gasteiger partial charge on any atom is -0.494 e. The van der Waals surface area contributed by atoms with E-state index in [1.807, 2.05) is 24.3 Å². The van der Waals surface area contributed by atoms with Crippen molar-refractivity contribution in [1.29, 1.82) is 0 Å². The number of rotatable bonds is 11. The van der Waals surface area contributed by atoms with Crippen molar-refractivity contribution in [2.75, 3.05) is 26.4 Å². The highest BCUT2D eigenvalue weighted by Crippen LogP contribution is 2.27. The van der Waals surface area contributed by atoms with Crippen LogP contribution in [0, 0.1) is 5.92 Å². The molecule has 1 aromatic carbocycles. The molecular weight excluding hydrogens is 346 g/mol. The van der Waals surface area contributed by atoms with E-state index in [1.54, 1.807) is 6.08 Å². The molecule has 7 heteroatoms. The minimum atomic E-state index is -1.02. The summed E-state index contributed by atoms with van der Waals surface area (Å²) >= 11 is 0. The molecule has 0 aromatic heterocycles. The number of benzene rings is 1. The maximum Gasteiger partial charge on any atom is 0.266 e. The van der Waals surface area contributed by atoms with E-state index in [-0.39, 0.29) is 19.1 Å². The van der Waals surface area contributed by atoms with Gasteiger partial charge in [0.1, 0.15) is 12.4 Å². The lowest BCUT2D eigenvalue weighted by Crippen LogP contribution is -2.52. The molecule has 0 bridgehead atoms. The van der Waals surface area contributed by atoms with Crippen LogP contribution in [0.15, 0.2) is 41.9 Å². The Labute approximate surface area is 160 Å². The molecule has 1 atom stereocenters. The van der Waals surface area contributed by atoms with Gasteiger partial charge in [-0.2, -0.15) is 0 Å². The lowest BCUT2D eigenvalue weighted by atomic mass is 9.97. The number of amides is 1. The van der Waals surface area contributed by atoms with E-state index in [0.29, 0.717) is 43.6 Å². The van der Waals surface area contributed by atoms with Crippen molar-refractivity contribution in [3.05, 3.63) is 42.5 Å². The number of hydrazine groups is 1. The van der Waals surface area contributed by atoms with Gasteiger partial charge in [0.25, 0.3) is 5.91 Å². The zero-order chi connectivity index (χ0) is 19.7. The van der Waals surface area contributed by atoms with Gasteiger partial charge >= 0.3 is 0 Å². The fraction of sp³-hybridized carbons (Fsp3) is 0.500. The summed E-state index contributed by atoms with van der Waals surface area (Å²) in [6, 6.07) is 7.31. The fourth-order valence-electron chi connectivity index (χ4n) is 2.55. The first kappa shape index (κ1) is 20.9. The Morgan fingerprint density at radius 1 is 1.44 bits per heavy atom. The molecule has 27 heavy (non-hydrogen) atoms. The van der Waals surface area contributed by atoms with Gasteiger partial charge < -0.3 is 14.6 Å². The summed E-state index contributed by atoms with van der Waals surface area (Å²) in [4.78, 5) is 17.2. The number of aliphatic hydroxyl groups excluding tert-OH is 1. The number of aliphatic hydroxyl groups is 1. The van der Waals surface area contributed by atoms with E-state index in [0.717, 1.165) is 5.56 Å². The van der Waals surface area contributed by atoms with Gasteiger partial charge in [-0.05, 0) is 30.2 Å². The average Bonchev–Trinajstić information content (AvgIpc) is 3.08. The summed E-state index contributed by atoms with van der Waals surface area (Å²) in [5.41, 5.74) is 5.43. The topological polar surface area (TPSA) is 92.2 Å². The number of carbonyl (C=O) groups excluding carboxylic acids is 1. The first-order valence-electron chi connectivity index (χ1n) is 9.21. The molecule has 7 nitrogen and oxygen atoms in total. The fourth-order valence-corrected chi connectivity index (χ4v) is 2.55. The highest BCUT2D eigenvalue weighted by Gasteiger charge is 2.43. The van der Waals surface area contributed by atoms with E-state index in [4.69, 9.17) is 14.6 Å². The summed E-state index contributed by atoms with van der Waals surface area (Å²) in [6.07, 6.45) is 2.64. The van der Waals surface area contributed by atoms with Crippen LogP contribution in [0.4, 0.5) is 0 Å². The largest absolute Gasteiger partial charge is 0.494 e. The van der Waals surface area contributed by atoms with Gasteiger partial charge in [-0.3, -0.25) is 10.2 Å². The second-order valence-corrected chi connectivity index (χ2v) is 6.91. The maximum absolute atomic E-state index is 12.7. The predicted octanol–water partition coefficient (Wildman–Crippen LogP) is 1.82. The summed E-state index contributed by atoms with van der Waals surface area (Å²) in [5.74, 6) is 1.32. The zero-order valence-corrected chi connectivity index (χ0v) is 16.0. The number of ether oxygens (including phenoxy) is 2. The Kier molecular flexibility index (Phi) is 7.82. The Morgan fingerprint density at radius 2 is 2.19 bits per heavy atom. The van der Waals surface area contributed by atoms with Crippen LogP contribution >= 0.6 is 0 Å². The van der Waals surface area contributed by atoms with Crippen molar-refractivity contribution in [3.63, 3.8) is 0 Å². The van der Waals surface area contributed by atoms with Crippen molar-refractivity contribution in [2.24, 2.45) is 10.9 Å². The standard InChI is InChI=1S/C20H29N3O4/c1-4-10-20(19(25)23-21-13-15(2)3)14-27-18(22-20)16-6-8-17(9-7-16)26-12-5-11-24/h4,6-9,15,21,24H,1,5,10-14H2,2-3H3,(H,23,25)/t20-/m0/s1. The molecule has 1 aromatic rings. The number of nitrogens with zero attached hydrogens (tertiary/aromatic N) is 1. The van der Waals surface area contributed by atoms with Gasteiger partial charge in [0.05, 0.1) is 6.61 Å². The van der Waals surface area contributed by atoms with Gasteiger partial charge in [-0.25, -0.2) is 10.4 Å². The molecule has 2 rings (SSSR count). The second kappa shape index (κ2) is 10.1. The average molecular weight is 375 g/mol. The maximum atomic E-state index is 12.7. The Hall–Kier alpha value is -2.38. The summed E-state index contributed by atoms with van der Waals surface area (Å²) < 4.78 is 11.3. The Balaban J connectivity index is 2.07. The molecule has 148 valence electrons. The van der Waals surface area contributed by atoms with Gasteiger partial charge in [0, 0.05) is 31.6 Å². The monoisotopic (exact) mass is 375 g/mol. The van der Waals surface area contributed by atoms with Gasteiger partial charge in [-0.15, -0.1) is 6.58 Å². The van der Waals surface area contributed by atoms with Crippen molar-refractivity contribution in [2.45, 2.75) is 32.2 Å². The lowest BCUT2D eigenvalue weighted by molar-refractivity contribution is -0.127. The highest BCUT2D eigenvalue weighted by molar-refractivity contribution is 6.00. The number of aliphatic imine (C=N–C) groups is 1. The highest BCUT2D eigenvalue weighted by atomic mass is 16.5. The van der Waals surface area contributed by atoms with Crippen LogP contribution in [0.25, 0.3) is 0 Å². The van der Waals surface area contributed by atoms with Gasteiger partial charge in [0.2, 0.25) is 5.90 Å². The van der Waals surface area contributed by atoms with E-state index in [9.17, 15) is 4.79 Å². The molecule has 0 saturated heterocycles. The molecule has 0 radical (unpaired) electrons. The van der Waals surface area contributed by atoms with Crippen molar-refractivity contribution in [3.8, 4) is 5.75 Å². The van der Waals surface area contributed by atoms with Gasteiger partial charge in [-0.1, -0.05) is 19.9 Å². The van der Waals surface area contributed by atoms with Crippen LogP contribution in [0.2, 0.25) is 0 Å². The van der Waals surface area contributed by atoms with Crippen LogP contribution < -0.4 is 15.6 Å². The van der Waals surface area contributed by atoms with Crippen molar-refractivity contribution >= 4 is 11.8 Å².